The number of carbonyl (C=O) groups excluding carboxylic acids is 1. The average molecular weight is 281 g/mol. The van der Waals surface area contributed by atoms with Gasteiger partial charge >= 0.3 is 0 Å². The van der Waals surface area contributed by atoms with Gasteiger partial charge in [0.1, 0.15) is 5.17 Å². The molecular formula is C14H17ClN2O2. The lowest BCUT2D eigenvalue weighted by molar-refractivity contribution is -0.122. The molecule has 1 aromatic rings. The smallest absolute Gasteiger partial charge is 0.222 e. The molecule has 2 N–H and O–H groups in total. The molecule has 19 heavy (non-hydrogen) atoms. The van der Waals surface area contributed by atoms with E-state index in [-0.39, 0.29) is 17.1 Å². The quantitative estimate of drug-likeness (QED) is 0.814. The summed E-state index contributed by atoms with van der Waals surface area (Å²) in [7, 11) is 1.58. The van der Waals surface area contributed by atoms with Gasteiger partial charge in [0.25, 0.3) is 0 Å². The zero-order valence-electron chi connectivity index (χ0n) is 10.8. The Balaban J connectivity index is 2.06. The molecule has 2 rings (SSSR count). The summed E-state index contributed by atoms with van der Waals surface area (Å²) in [5.74, 6) is 0.00821. The SMILES string of the molecule is COCCC(=O)NC1CCc2cc(C(=N)Cl)ccc21. The molecule has 1 aliphatic carbocycles. The van der Waals surface area contributed by atoms with Crippen molar-refractivity contribution in [3.8, 4) is 0 Å². The predicted octanol–water partition coefficient (Wildman–Crippen LogP) is 2.39. The highest BCUT2D eigenvalue weighted by Crippen LogP contribution is 2.32. The number of ether oxygens (including phenoxy) is 1. The third kappa shape index (κ3) is 3.33. The first-order valence-electron chi connectivity index (χ1n) is 6.27. The summed E-state index contributed by atoms with van der Waals surface area (Å²) in [4.78, 5) is 11.7. The molecule has 1 aliphatic rings. The van der Waals surface area contributed by atoms with Gasteiger partial charge < -0.3 is 10.1 Å². The number of methoxy groups -OCH3 is 1. The summed E-state index contributed by atoms with van der Waals surface area (Å²) in [6, 6.07) is 5.79. The third-order valence-electron chi connectivity index (χ3n) is 3.34. The summed E-state index contributed by atoms with van der Waals surface area (Å²) in [5.41, 5.74) is 3.03. The molecule has 0 bridgehead atoms. The Morgan fingerprint density at radius 1 is 1.58 bits per heavy atom. The van der Waals surface area contributed by atoms with Crippen molar-refractivity contribution >= 4 is 22.7 Å². The highest BCUT2D eigenvalue weighted by atomic mass is 35.5. The largest absolute Gasteiger partial charge is 0.384 e. The summed E-state index contributed by atoms with van der Waals surface area (Å²) in [6.07, 6.45) is 2.18. The molecule has 0 heterocycles. The van der Waals surface area contributed by atoms with Crippen LogP contribution in [-0.4, -0.2) is 24.8 Å². The van der Waals surface area contributed by atoms with Crippen LogP contribution in [0.1, 0.15) is 35.6 Å². The van der Waals surface area contributed by atoms with Crippen molar-refractivity contribution in [3.05, 3.63) is 34.9 Å². The van der Waals surface area contributed by atoms with Crippen LogP contribution in [-0.2, 0) is 16.0 Å². The second kappa shape index (κ2) is 6.17. The highest BCUT2D eigenvalue weighted by Gasteiger charge is 2.24. The van der Waals surface area contributed by atoms with E-state index in [1.807, 2.05) is 18.2 Å². The Hall–Kier alpha value is -1.39. The number of rotatable bonds is 5. The van der Waals surface area contributed by atoms with Gasteiger partial charge in [-0.25, -0.2) is 0 Å². The minimum atomic E-state index is 0.00821. The van der Waals surface area contributed by atoms with Crippen LogP contribution in [0.3, 0.4) is 0 Å². The maximum Gasteiger partial charge on any atom is 0.222 e. The van der Waals surface area contributed by atoms with Gasteiger partial charge in [0, 0.05) is 19.1 Å². The predicted molar refractivity (Wildman–Crippen MR) is 74.8 cm³/mol. The monoisotopic (exact) mass is 280 g/mol. The Labute approximate surface area is 117 Å². The van der Waals surface area contributed by atoms with Crippen LogP contribution in [0.25, 0.3) is 0 Å². The van der Waals surface area contributed by atoms with E-state index in [9.17, 15) is 4.79 Å². The van der Waals surface area contributed by atoms with E-state index in [0.29, 0.717) is 13.0 Å². The number of hydrogen-bond acceptors (Lipinski definition) is 3. The molecule has 1 aromatic carbocycles. The lowest BCUT2D eigenvalue weighted by Gasteiger charge is -2.14. The second-order valence-electron chi connectivity index (χ2n) is 4.63. The fraction of sp³-hybridized carbons (Fsp3) is 0.429. The molecule has 1 amide bonds. The van der Waals surface area contributed by atoms with Gasteiger partial charge in [-0.1, -0.05) is 23.7 Å². The van der Waals surface area contributed by atoms with Crippen molar-refractivity contribution in [2.45, 2.75) is 25.3 Å². The van der Waals surface area contributed by atoms with E-state index < -0.39 is 0 Å². The Morgan fingerprint density at radius 2 is 2.37 bits per heavy atom. The number of fused-ring (bicyclic) bond motifs is 1. The van der Waals surface area contributed by atoms with Crippen molar-refractivity contribution in [2.75, 3.05) is 13.7 Å². The van der Waals surface area contributed by atoms with Gasteiger partial charge in [0.15, 0.2) is 0 Å². The standard InChI is InChI=1S/C14H17ClN2O2/c1-19-7-6-13(18)17-12-5-3-9-8-10(14(15)16)2-4-11(9)12/h2,4,8,12,16H,3,5-7H2,1H3,(H,17,18). The molecule has 5 heteroatoms. The zero-order chi connectivity index (χ0) is 13.8. The zero-order valence-corrected chi connectivity index (χ0v) is 11.6. The summed E-state index contributed by atoms with van der Waals surface area (Å²) < 4.78 is 4.89. The number of nitrogens with one attached hydrogen (secondary N) is 2. The van der Waals surface area contributed by atoms with Crippen LogP contribution >= 0.6 is 11.6 Å². The number of halogens is 1. The fourth-order valence-electron chi connectivity index (χ4n) is 2.37. The first-order valence-corrected chi connectivity index (χ1v) is 6.65. The minimum absolute atomic E-state index is 0.00821. The molecule has 0 saturated carbocycles. The maximum atomic E-state index is 11.7. The van der Waals surface area contributed by atoms with Crippen molar-refractivity contribution in [2.24, 2.45) is 0 Å². The molecule has 4 nitrogen and oxygen atoms in total. The topological polar surface area (TPSA) is 62.2 Å². The van der Waals surface area contributed by atoms with Crippen molar-refractivity contribution in [3.63, 3.8) is 0 Å². The Bertz CT molecular complexity index is 502. The first kappa shape index (κ1) is 14.0. The fourth-order valence-corrected chi connectivity index (χ4v) is 2.48. The number of carbonyl (C=O) groups is 1. The van der Waals surface area contributed by atoms with Crippen LogP contribution in [0.2, 0.25) is 0 Å². The Morgan fingerprint density at radius 3 is 3.05 bits per heavy atom. The van der Waals surface area contributed by atoms with Crippen LogP contribution in [0, 0.1) is 5.41 Å². The molecular weight excluding hydrogens is 264 g/mol. The number of amides is 1. The van der Waals surface area contributed by atoms with Crippen molar-refractivity contribution < 1.29 is 9.53 Å². The Kier molecular flexibility index (Phi) is 4.56. The normalized spacial score (nSPS) is 17.1. The van der Waals surface area contributed by atoms with Crippen LogP contribution < -0.4 is 5.32 Å². The minimum Gasteiger partial charge on any atom is -0.384 e. The van der Waals surface area contributed by atoms with Gasteiger partial charge in [0.05, 0.1) is 12.6 Å². The van der Waals surface area contributed by atoms with E-state index in [1.54, 1.807) is 7.11 Å². The lowest BCUT2D eigenvalue weighted by Crippen LogP contribution is -2.27. The van der Waals surface area contributed by atoms with Crippen molar-refractivity contribution in [1.82, 2.24) is 5.32 Å². The second-order valence-corrected chi connectivity index (χ2v) is 5.01. The van der Waals surface area contributed by atoms with E-state index in [4.69, 9.17) is 21.7 Å². The molecule has 0 saturated heterocycles. The summed E-state index contributed by atoms with van der Waals surface area (Å²) in [5, 5.41) is 10.5. The molecule has 102 valence electrons. The van der Waals surface area contributed by atoms with Gasteiger partial charge in [-0.3, -0.25) is 10.2 Å². The number of benzene rings is 1. The molecule has 0 aliphatic heterocycles. The molecule has 0 spiro atoms. The van der Waals surface area contributed by atoms with E-state index >= 15 is 0 Å². The lowest BCUT2D eigenvalue weighted by atomic mass is 10.0. The highest BCUT2D eigenvalue weighted by molar-refractivity contribution is 6.68. The third-order valence-corrected chi connectivity index (χ3v) is 3.56. The maximum absolute atomic E-state index is 11.7. The first-order chi connectivity index (χ1) is 9.11. The summed E-state index contributed by atoms with van der Waals surface area (Å²) in [6.45, 7) is 0.438. The van der Waals surface area contributed by atoms with Crippen LogP contribution in [0.4, 0.5) is 0 Å². The molecule has 1 unspecified atom stereocenters. The van der Waals surface area contributed by atoms with Gasteiger partial charge in [-0.05, 0) is 30.0 Å². The molecule has 0 radical (unpaired) electrons. The molecule has 1 atom stereocenters. The van der Waals surface area contributed by atoms with E-state index in [2.05, 4.69) is 5.32 Å². The average Bonchev–Trinajstić information content (AvgIpc) is 2.78. The summed E-state index contributed by atoms with van der Waals surface area (Å²) >= 11 is 5.68. The molecule has 0 aromatic heterocycles. The van der Waals surface area contributed by atoms with E-state index in [0.717, 1.165) is 24.0 Å². The molecule has 0 fully saturated rings. The van der Waals surface area contributed by atoms with Crippen LogP contribution in [0.5, 0.6) is 0 Å². The van der Waals surface area contributed by atoms with Gasteiger partial charge in [-0.2, -0.15) is 0 Å². The van der Waals surface area contributed by atoms with Crippen LogP contribution in [0.15, 0.2) is 18.2 Å². The number of aryl methyl sites for hydroxylation is 1. The van der Waals surface area contributed by atoms with Crippen molar-refractivity contribution in [1.29, 1.82) is 5.41 Å². The van der Waals surface area contributed by atoms with Gasteiger partial charge in [0.2, 0.25) is 5.91 Å². The van der Waals surface area contributed by atoms with Gasteiger partial charge in [-0.15, -0.1) is 0 Å². The van der Waals surface area contributed by atoms with E-state index in [1.165, 1.54) is 5.56 Å². The number of hydrogen-bond donors (Lipinski definition) is 2.